The Morgan fingerprint density at radius 1 is 0.247 bits per heavy atom. The van der Waals surface area contributed by atoms with Crippen molar-refractivity contribution < 1.29 is 28.6 Å². The van der Waals surface area contributed by atoms with Crippen molar-refractivity contribution in [2.24, 2.45) is 0 Å². The van der Waals surface area contributed by atoms with Crippen LogP contribution in [-0.4, -0.2) is 37.2 Å². The summed E-state index contributed by atoms with van der Waals surface area (Å²) in [4.78, 5) is 38.5. The molecule has 1 atom stereocenters. The average molecular weight is 1140 g/mol. The molecule has 1 unspecified atom stereocenters. The first-order chi connectivity index (χ1) is 40.0. The van der Waals surface area contributed by atoms with Crippen LogP contribution in [0.5, 0.6) is 0 Å². The molecule has 0 N–H and O–H groups in total. The highest BCUT2D eigenvalue weighted by atomic mass is 16.6. The van der Waals surface area contributed by atoms with Crippen LogP contribution in [-0.2, 0) is 28.6 Å². The van der Waals surface area contributed by atoms with Crippen molar-refractivity contribution in [3.05, 3.63) is 24.3 Å². The molecule has 0 aliphatic heterocycles. The van der Waals surface area contributed by atoms with E-state index in [4.69, 9.17) is 14.2 Å². The molecule has 0 aliphatic rings. The molecule has 0 saturated heterocycles. The topological polar surface area (TPSA) is 78.9 Å². The third kappa shape index (κ3) is 68.6. The molecule has 6 heteroatoms. The predicted molar refractivity (Wildman–Crippen MR) is 353 cm³/mol. The Labute approximate surface area is 506 Å². The highest BCUT2D eigenvalue weighted by Crippen LogP contribution is 2.19. The highest BCUT2D eigenvalue weighted by Gasteiger charge is 2.20. The van der Waals surface area contributed by atoms with Crippen LogP contribution in [0.1, 0.15) is 419 Å². The second kappa shape index (κ2) is 70.4. The Morgan fingerprint density at radius 2 is 0.444 bits per heavy atom. The van der Waals surface area contributed by atoms with Crippen LogP contribution in [0, 0.1) is 0 Å². The monoisotopic (exact) mass is 1140 g/mol. The van der Waals surface area contributed by atoms with Crippen molar-refractivity contribution >= 4 is 17.9 Å². The van der Waals surface area contributed by atoms with Crippen molar-refractivity contribution in [2.75, 3.05) is 13.2 Å². The lowest BCUT2D eigenvalue weighted by molar-refractivity contribution is -0.167. The van der Waals surface area contributed by atoms with Gasteiger partial charge in [-0.1, -0.05) is 373 Å². The van der Waals surface area contributed by atoms with Gasteiger partial charge in [0, 0.05) is 19.3 Å². The third-order valence-electron chi connectivity index (χ3n) is 17.0. The maximum atomic E-state index is 13.0. The third-order valence-corrected chi connectivity index (χ3v) is 17.0. The van der Waals surface area contributed by atoms with Crippen LogP contribution in [0.3, 0.4) is 0 Å². The maximum absolute atomic E-state index is 13.0. The van der Waals surface area contributed by atoms with Gasteiger partial charge in [0.2, 0.25) is 0 Å². The normalized spacial score (nSPS) is 12.1. The van der Waals surface area contributed by atoms with Crippen molar-refractivity contribution in [2.45, 2.75) is 425 Å². The Hall–Kier alpha value is -2.11. The molecule has 0 aliphatic carbocycles. The fourth-order valence-corrected chi connectivity index (χ4v) is 11.4. The number of rotatable bonds is 69. The average Bonchev–Trinajstić information content (AvgIpc) is 3.47. The van der Waals surface area contributed by atoms with Crippen LogP contribution in [0.15, 0.2) is 24.3 Å². The molecule has 0 aromatic rings. The summed E-state index contributed by atoms with van der Waals surface area (Å²) in [6, 6.07) is 0. The van der Waals surface area contributed by atoms with E-state index in [2.05, 4.69) is 45.1 Å². The van der Waals surface area contributed by atoms with Gasteiger partial charge in [-0.25, -0.2) is 0 Å². The van der Waals surface area contributed by atoms with E-state index in [9.17, 15) is 14.4 Å². The lowest BCUT2D eigenvalue weighted by atomic mass is 10.0. The molecule has 0 aromatic carbocycles. The first kappa shape index (κ1) is 78.9. The molecule has 81 heavy (non-hydrogen) atoms. The molecule has 6 nitrogen and oxygen atoms in total. The van der Waals surface area contributed by atoms with Gasteiger partial charge in [-0.3, -0.25) is 14.4 Å². The summed E-state index contributed by atoms with van der Waals surface area (Å²) >= 11 is 0. The van der Waals surface area contributed by atoms with E-state index in [-0.39, 0.29) is 31.1 Å². The maximum Gasteiger partial charge on any atom is 0.306 e. The molecule has 0 heterocycles. The molecule has 0 rings (SSSR count). The van der Waals surface area contributed by atoms with Gasteiger partial charge < -0.3 is 14.2 Å². The second-order valence-corrected chi connectivity index (χ2v) is 25.2. The molecule has 0 spiro atoms. The molecule has 0 radical (unpaired) electrons. The Bertz CT molecular complexity index is 1310. The minimum absolute atomic E-state index is 0.0691. The van der Waals surface area contributed by atoms with Gasteiger partial charge in [0.1, 0.15) is 13.2 Å². The summed E-state index contributed by atoms with van der Waals surface area (Å²) in [6.07, 6.45) is 86.5. The van der Waals surface area contributed by atoms with Gasteiger partial charge in [0.25, 0.3) is 0 Å². The SMILES string of the molecule is CCCCC/C=C\C/C=C\CCCCCCCC(=O)OCC(COC(=O)CCCCCCCCCCCCCCCCCCCCCCCCCCC)OC(=O)CCCCCCCCCCCCCCCCCCCCCCCCC. The molecule has 478 valence electrons. The Kier molecular flexibility index (Phi) is 68.5. The minimum Gasteiger partial charge on any atom is -0.462 e. The van der Waals surface area contributed by atoms with E-state index >= 15 is 0 Å². The molecule has 0 saturated carbocycles. The summed E-state index contributed by atoms with van der Waals surface area (Å²) in [6.45, 7) is 6.70. The number of hydrogen-bond donors (Lipinski definition) is 0. The second-order valence-electron chi connectivity index (χ2n) is 25.2. The van der Waals surface area contributed by atoms with Crippen molar-refractivity contribution in [1.29, 1.82) is 0 Å². The molecular weight excluding hydrogens is 997 g/mol. The summed E-state index contributed by atoms with van der Waals surface area (Å²) in [7, 11) is 0. The standard InChI is InChI=1S/C75H142O6/c1-4-7-10-13-16-19-22-25-28-30-32-34-36-37-39-40-42-44-47-50-53-56-59-62-65-68-74(77)80-71-72(70-79-73(76)67-64-61-58-55-52-49-46-27-24-21-18-15-12-9-6-3)81-75(78)69-66-63-60-57-54-51-48-45-43-41-38-35-33-31-29-26-23-20-17-14-11-8-5-2/h18,21,27,46,72H,4-17,19-20,22-26,28-45,47-71H2,1-3H3/b21-18-,46-27-. The van der Waals surface area contributed by atoms with Crippen molar-refractivity contribution in [3.63, 3.8) is 0 Å². The van der Waals surface area contributed by atoms with Gasteiger partial charge >= 0.3 is 17.9 Å². The van der Waals surface area contributed by atoms with Gasteiger partial charge in [-0.15, -0.1) is 0 Å². The van der Waals surface area contributed by atoms with E-state index in [1.165, 1.54) is 302 Å². The summed E-state index contributed by atoms with van der Waals surface area (Å²) in [5.74, 6) is -0.848. The van der Waals surface area contributed by atoms with Crippen LogP contribution in [0.2, 0.25) is 0 Å². The largest absolute Gasteiger partial charge is 0.462 e. The molecule has 0 fully saturated rings. The zero-order chi connectivity index (χ0) is 58.5. The van der Waals surface area contributed by atoms with E-state index < -0.39 is 6.10 Å². The number of allylic oxidation sites excluding steroid dienone is 4. The van der Waals surface area contributed by atoms with E-state index in [0.29, 0.717) is 19.3 Å². The van der Waals surface area contributed by atoms with Gasteiger partial charge in [0.05, 0.1) is 0 Å². The van der Waals surface area contributed by atoms with E-state index in [0.717, 1.165) is 77.0 Å². The fraction of sp³-hybridized carbons (Fsp3) is 0.907. The van der Waals surface area contributed by atoms with Gasteiger partial charge in [-0.2, -0.15) is 0 Å². The molecule has 0 amide bonds. The van der Waals surface area contributed by atoms with Crippen LogP contribution >= 0.6 is 0 Å². The smallest absolute Gasteiger partial charge is 0.306 e. The number of carbonyl (C=O) groups excluding carboxylic acids is 3. The van der Waals surface area contributed by atoms with E-state index in [1.54, 1.807) is 0 Å². The minimum atomic E-state index is -0.774. The highest BCUT2D eigenvalue weighted by molar-refractivity contribution is 5.71. The number of ether oxygens (including phenoxy) is 3. The molecule has 0 aromatic heterocycles. The van der Waals surface area contributed by atoms with E-state index in [1.807, 2.05) is 0 Å². The Balaban J connectivity index is 4.24. The van der Waals surface area contributed by atoms with Crippen LogP contribution < -0.4 is 0 Å². The summed E-state index contributed by atoms with van der Waals surface area (Å²) in [5, 5.41) is 0. The lowest BCUT2D eigenvalue weighted by Gasteiger charge is -2.18. The molecule has 0 bridgehead atoms. The zero-order valence-electron chi connectivity index (χ0n) is 55.1. The summed E-state index contributed by atoms with van der Waals surface area (Å²) < 4.78 is 17.0. The first-order valence-corrected chi connectivity index (χ1v) is 36.8. The zero-order valence-corrected chi connectivity index (χ0v) is 55.1. The van der Waals surface area contributed by atoms with Crippen molar-refractivity contribution in [1.82, 2.24) is 0 Å². The number of hydrogen-bond acceptors (Lipinski definition) is 6. The Morgan fingerprint density at radius 3 is 0.704 bits per heavy atom. The fourth-order valence-electron chi connectivity index (χ4n) is 11.4. The van der Waals surface area contributed by atoms with Crippen LogP contribution in [0.4, 0.5) is 0 Å². The first-order valence-electron chi connectivity index (χ1n) is 36.8. The molecular formula is C75H142O6. The van der Waals surface area contributed by atoms with Gasteiger partial charge in [-0.05, 0) is 51.4 Å². The quantitative estimate of drug-likeness (QED) is 0.0261. The number of carbonyl (C=O) groups is 3. The number of esters is 3. The lowest BCUT2D eigenvalue weighted by Crippen LogP contribution is -2.30. The number of unbranched alkanes of at least 4 members (excludes halogenated alkanes) is 54. The van der Waals surface area contributed by atoms with Gasteiger partial charge in [0.15, 0.2) is 6.10 Å². The van der Waals surface area contributed by atoms with Crippen LogP contribution in [0.25, 0.3) is 0 Å². The van der Waals surface area contributed by atoms with Crippen molar-refractivity contribution in [3.8, 4) is 0 Å². The predicted octanol–water partition coefficient (Wildman–Crippen LogP) is 25.3. The summed E-state index contributed by atoms with van der Waals surface area (Å²) in [5.41, 5.74) is 0.